The van der Waals surface area contributed by atoms with Gasteiger partial charge in [-0.2, -0.15) is 4.98 Å². The minimum absolute atomic E-state index is 0.344. The van der Waals surface area contributed by atoms with E-state index in [2.05, 4.69) is 28.0 Å². The molecule has 0 bridgehead atoms. The summed E-state index contributed by atoms with van der Waals surface area (Å²) < 4.78 is 5.53. The summed E-state index contributed by atoms with van der Waals surface area (Å²) in [4.78, 5) is 11.8. The monoisotopic (exact) mass is 278 g/mol. The summed E-state index contributed by atoms with van der Waals surface area (Å²) in [7, 11) is 2.06. The average Bonchev–Trinajstić information content (AvgIpc) is 2.86. The van der Waals surface area contributed by atoms with E-state index in [-0.39, 0.29) is 0 Å². The van der Waals surface area contributed by atoms with E-state index in [1.807, 2.05) is 5.38 Å². The first-order valence-corrected chi connectivity index (χ1v) is 7.41. The molecule has 1 aliphatic heterocycles. The van der Waals surface area contributed by atoms with E-state index in [0.717, 1.165) is 42.2 Å². The molecule has 0 aliphatic carbocycles. The highest BCUT2D eigenvalue weighted by molar-refractivity contribution is 7.16. The molecule has 2 aromatic heterocycles. The van der Waals surface area contributed by atoms with Gasteiger partial charge < -0.3 is 15.4 Å². The van der Waals surface area contributed by atoms with Crippen molar-refractivity contribution in [2.24, 2.45) is 5.92 Å². The van der Waals surface area contributed by atoms with Gasteiger partial charge in [-0.05, 0) is 30.2 Å². The largest absolute Gasteiger partial charge is 0.381 e. The highest BCUT2D eigenvalue weighted by Gasteiger charge is 2.18. The van der Waals surface area contributed by atoms with Crippen LogP contribution in [0.1, 0.15) is 12.8 Å². The summed E-state index contributed by atoms with van der Waals surface area (Å²) in [6, 6.07) is 2.06. The molecule has 3 heterocycles. The van der Waals surface area contributed by atoms with Gasteiger partial charge >= 0.3 is 0 Å². The van der Waals surface area contributed by atoms with Crippen molar-refractivity contribution in [2.75, 3.05) is 37.4 Å². The fourth-order valence-electron chi connectivity index (χ4n) is 2.57. The van der Waals surface area contributed by atoms with E-state index in [1.54, 1.807) is 11.3 Å². The predicted molar refractivity (Wildman–Crippen MR) is 78.6 cm³/mol. The van der Waals surface area contributed by atoms with Crippen molar-refractivity contribution < 1.29 is 4.74 Å². The lowest BCUT2D eigenvalue weighted by molar-refractivity contribution is 0.0576. The molecular weight excluding hydrogens is 260 g/mol. The van der Waals surface area contributed by atoms with Crippen LogP contribution in [0.2, 0.25) is 0 Å². The molecule has 102 valence electrons. The lowest BCUT2D eigenvalue weighted by Gasteiger charge is -2.28. The van der Waals surface area contributed by atoms with Crippen LogP contribution in [0.15, 0.2) is 11.4 Å². The maximum absolute atomic E-state index is 5.79. The first-order chi connectivity index (χ1) is 9.24. The van der Waals surface area contributed by atoms with Gasteiger partial charge in [-0.15, -0.1) is 11.3 Å². The Hall–Kier alpha value is -1.40. The van der Waals surface area contributed by atoms with Crippen LogP contribution in [-0.4, -0.2) is 36.8 Å². The van der Waals surface area contributed by atoms with Crippen molar-refractivity contribution in [1.29, 1.82) is 0 Å². The van der Waals surface area contributed by atoms with Crippen LogP contribution in [0, 0.1) is 5.92 Å². The van der Waals surface area contributed by atoms with Gasteiger partial charge in [-0.25, -0.2) is 4.98 Å². The van der Waals surface area contributed by atoms with Crippen molar-refractivity contribution in [2.45, 2.75) is 12.8 Å². The SMILES string of the molecule is CN(CC1CCCOC1)c1nc(N)nc2sccc12. The van der Waals surface area contributed by atoms with Gasteiger partial charge in [0.25, 0.3) is 0 Å². The summed E-state index contributed by atoms with van der Waals surface area (Å²) in [5, 5.41) is 3.11. The van der Waals surface area contributed by atoms with Crippen LogP contribution in [0.5, 0.6) is 0 Å². The van der Waals surface area contributed by atoms with E-state index < -0.39 is 0 Å². The Kier molecular flexibility index (Phi) is 3.52. The number of rotatable bonds is 3. The molecule has 19 heavy (non-hydrogen) atoms. The third-order valence-corrected chi connectivity index (χ3v) is 4.28. The molecule has 0 aromatic carbocycles. The second kappa shape index (κ2) is 5.30. The predicted octanol–water partition coefficient (Wildman–Crippen LogP) is 2.14. The van der Waals surface area contributed by atoms with Crippen LogP contribution >= 0.6 is 11.3 Å². The summed E-state index contributed by atoms with van der Waals surface area (Å²) in [6.07, 6.45) is 2.37. The third-order valence-electron chi connectivity index (χ3n) is 3.47. The minimum Gasteiger partial charge on any atom is -0.381 e. The second-order valence-corrected chi connectivity index (χ2v) is 5.90. The normalized spacial score (nSPS) is 19.7. The Balaban J connectivity index is 1.83. The molecular formula is C13H18N4OS. The van der Waals surface area contributed by atoms with E-state index >= 15 is 0 Å². The van der Waals surface area contributed by atoms with Crippen LogP contribution in [0.25, 0.3) is 10.2 Å². The molecule has 0 radical (unpaired) electrons. The Labute approximate surface area is 116 Å². The zero-order valence-corrected chi connectivity index (χ0v) is 11.8. The van der Waals surface area contributed by atoms with Crippen molar-refractivity contribution >= 4 is 33.3 Å². The Bertz CT molecular complexity index is 565. The molecule has 1 aliphatic rings. The quantitative estimate of drug-likeness (QED) is 0.932. The summed E-state index contributed by atoms with van der Waals surface area (Å²) in [6.45, 7) is 2.69. The van der Waals surface area contributed by atoms with Crippen LogP contribution < -0.4 is 10.6 Å². The van der Waals surface area contributed by atoms with E-state index in [0.29, 0.717) is 11.9 Å². The molecule has 2 N–H and O–H groups in total. The third kappa shape index (κ3) is 2.64. The van der Waals surface area contributed by atoms with Gasteiger partial charge in [0.2, 0.25) is 5.95 Å². The van der Waals surface area contributed by atoms with Gasteiger partial charge in [0.1, 0.15) is 10.6 Å². The van der Waals surface area contributed by atoms with Gasteiger partial charge in [0.15, 0.2) is 0 Å². The zero-order chi connectivity index (χ0) is 13.2. The van der Waals surface area contributed by atoms with Crippen molar-refractivity contribution in [3.8, 4) is 0 Å². The first-order valence-electron chi connectivity index (χ1n) is 6.53. The molecule has 1 atom stereocenters. The minimum atomic E-state index is 0.344. The summed E-state index contributed by atoms with van der Waals surface area (Å²) >= 11 is 1.60. The average molecular weight is 278 g/mol. The number of fused-ring (bicyclic) bond motifs is 1. The summed E-state index contributed by atoms with van der Waals surface area (Å²) in [5.41, 5.74) is 5.79. The maximum Gasteiger partial charge on any atom is 0.223 e. The molecule has 3 rings (SSSR count). The number of nitrogen functional groups attached to an aromatic ring is 1. The fraction of sp³-hybridized carbons (Fsp3) is 0.538. The number of aromatic nitrogens is 2. The maximum atomic E-state index is 5.79. The molecule has 2 aromatic rings. The highest BCUT2D eigenvalue weighted by atomic mass is 32.1. The molecule has 1 unspecified atom stereocenters. The lowest BCUT2D eigenvalue weighted by Crippen LogP contribution is -2.31. The van der Waals surface area contributed by atoms with Crippen molar-refractivity contribution in [3.63, 3.8) is 0 Å². The number of nitrogens with zero attached hydrogens (tertiary/aromatic N) is 3. The molecule has 5 nitrogen and oxygen atoms in total. The molecule has 6 heteroatoms. The fourth-order valence-corrected chi connectivity index (χ4v) is 3.34. The number of ether oxygens (including phenoxy) is 1. The van der Waals surface area contributed by atoms with Gasteiger partial charge in [0, 0.05) is 20.2 Å². The van der Waals surface area contributed by atoms with E-state index in [9.17, 15) is 0 Å². The standard InChI is InChI=1S/C13H18N4OS/c1-17(7-9-3-2-5-18-8-9)11-10-4-6-19-12(10)16-13(14)15-11/h4,6,9H,2-3,5,7-8H2,1H3,(H2,14,15,16). The summed E-state index contributed by atoms with van der Waals surface area (Å²) in [5.74, 6) is 1.84. The van der Waals surface area contributed by atoms with Crippen molar-refractivity contribution in [1.82, 2.24) is 9.97 Å². The highest BCUT2D eigenvalue weighted by Crippen LogP contribution is 2.28. The first kappa shape index (κ1) is 12.6. The Morgan fingerprint density at radius 3 is 3.21 bits per heavy atom. The Morgan fingerprint density at radius 2 is 2.42 bits per heavy atom. The van der Waals surface area contributed by atoms with Crippen molar-refractivity contribution in [3.05, 3.63) is 11.4 Å². The van der Waals surface area contributed by atoms with Gasteiger partial charge in [0.05, 0.1) is 12.0 Å². The van der Waals surface area contributed by atoms with Crippen LogP contribution in [-0.2, 0) is 4.74 Å². The zero-order valence-electron chi connectivity index (χ0n) is 11.0. The van der Waals surface area contributed by atoms with E-state index in [1.165, 1.54) is 6.42 Å². The van der Waals surface area contributed by atoms with Crippen LogP contribution in [0.3, 0.4) is 0 Å². The molecule has 1 saturated heterocycles. The number of hydrogen-bond donors (Lipinski definition) is 1. The van der Waals surface area contributed by atoms with E-state index in [4.69, 9.17) is 10.5 Å². The topological polar surface area (TPSA) is 64.3 Å². The van der Waals surface area contributed by atoms with Crippen LogP contribution in [0.4, 0.5) is 11.8 Å². The lowest BCUT2D eigenvalue weighted by atomic mass is 10.0. The van der Waals surface area contributed by atoms with Gasteiger partial charge in [-0.3, -0.25) is 0 Å². The molecule has 1 fully saturated rings. The number of thiophene rings is 1. The second-order valence-electron chi connectivity index (χ2n) is 5.01. The smallest absolute Gasteiger partial charge is 0.223 e. The van der Waals surface area contributed by atoms with Gasteiger partial charge in [-0.1, -0.05) is 0 Å². The Morgan fingerprint density at radius 1 is 1.53 bits per heavy atom. The number of anilines is 2. The number of nitrogens with two attached hydrogens (primary N) is 1. The molecule has 0 saturated carbocycles. The number of hydrogen-bond acceptors (Lipinski definition) is 6. The molecule has 0 amide bonds. The molecule has 0 spiro atoms.